The number of amides is 1. The largest absolute Gasteiger partial charge is 0.389 e. The van der Waals surface area contributed by atoms with E-state index < -0.39 is 5.60 Å². The second kappa shape index (κ2) is 5.67. The Morgan fingerprint density at radius 3 is 2.58 bits per heavy atom. The molecule has 1 N–H and O–H groups in total. The van der Waals surface area contributed by atoms with Gasteiger partial charge in [0.1, 0.15) is 0 Å². The zero-order valence-electron chi connectivity index (χ0n) is 11.5. The minimum Gasteiger partial charge on any atom is -0.389 e. The molecule has 1 aliphatic heterocycles. The molecule has 1 aromatic rings. The smallest absolute Gasteiger partial charge is 0.255 e. The van der Waals surface area contributed by atoms with Crippen molar-refractivity contribution in [1.82, 2.24) is 14.8 Å². The van der Waals surface area contributed by atoms with Crippen LogP contribution in [0.15, 0.2) is 24.5 Å². The van der Waals surface area contributed by atoms with Gasteiger partial charge in [-0.3, -0.25) is 14.7 Å². The van der Waals surface area contributed by atoms with Crippen LogP contribution in [0.4, 0.5) is 0 Å². The fourth-order valence-electron chi connectivity index (χ4n) is 2.33. The normalized spacial score (nSPS) is 17.5. The molecule has 1 aromatic heterocycles. The quantitative estimate of drug-likeness (QED) is 0.868. The lowest BCUT2D eigenvalue weighted by Gasteiger charge is -2.37. The molecule has 104 valence electrons. The Morgan fingerprint density at radius 2 is 2.05 bits per heavy atom. The second-order valence-electron chi connectivity index (χ2n) is 5.62. The Labute approximate surface area is 113 Å². The van der Waals surface area contributed by atoms with Crippen molar-refractivity contribution in [2.24, 2.45) is 0 Å². The molecule has 2 heterocycles. The minimum atomic E-state index is -0.685. The summed E-state index contributed by atoms with van der Waals surface area (Å²) in [6.07, 6.45) is 3.27. The van der Waals surface area contributed by atoms with Crippen molar-refractivity contribution < 1.29 is 9.90 Å². The molecule has 0 aliphatic carbocycles. The fraction of sp³-hybridized carbons (Fsp3) is 0.571. The van der Waals surface area contributed by atoms with Crippen molar-refractivity contribution >= 4 is 5.91 Å². The summed E-state index contributed by atoms with van der Waals surface area (Å²) in [6, 6.07) is 3.57. The maximum Gasteiger partial charge on any atom is 0.255 e. The molecule has 0 saturated carbocycles. The summed E-state index contributed by atoms with van der Waals surface area (Å²) in [5.41, 5.74) is -0.0475. The third kappa shape index (κ3) is 4.01. The highest BCUT2D eigenvalue weighted by atomic mass is 16.3. The van der Waals surface area contributed by atoms with Crippen LogP contribution in [-0.4, -0.2) is 64.1 Å². The molecule has 5 nitrogen and oxygen atoms in total. The summed E-state index contributed by atoms with van der Waals surface area (Å²) in [5.74, 6) is 0.0380. The zero-order valence-corrected chi connectivity index (χ0v) is 11.5. The van der Waals surface area contributed by atoms with E-state index in [0.29, 0.717) is 25.2 Å². The van der Waals surface area contributed by atoms with Gasteiger partial charge in [0.2, 0.25) is 0 Å². The summed E-state index contributed by atoms with van der Waals surface area (Å²) in [7, 11) is 0. The van der Waals surface area contributed by atoms with Crippen molar-refractivity contribution in [3.05, 3.63) is 30.1 Å². The minimum absolute atomic E-state index is 0.0380. The molecule has 0 bridgehead atoms. The highest BCUT2D eigenvalue weighted by Gasteiger charge is 2.25. The molecule has 19 heavy (non-hydrogen) atoms. The van der Waals surface area contributed by atoms with E-state index in [-0.39, 0.29) is 5.91 Å². The van der Waals surface area contributed by atoms with Crippen molar-refractivity contribution in [3.8, 4) is 0 Å². The Balaban J connectivity index is 1.88. The van der Waals surface area contributed by atoms with Crippen LogP contribution in [0.1, 0.15) is 24.2 Å². The van der Waals surface area contributed by atoms with E-state index in [1.807, 2.05) is 4.90 Å². The number of hydrogen-bond donors (Lipinski definition) is 1. The number of pyridine rings is 1. The summed E-state index contributed by atoms with van der Waals surface area (Å²) >= 11 is 0. The fourth-order valence-corrected chi connectivity index (χ4v) is 2.33. The van der Waals surface area contributed by atoms with Crippen LogP contribution in [0, 0.1) is 0 Å². The molecule has 2 rings (SSSR count). The molecule has 0 atom stereocenters. The molecule has 5 heteroatoms. The first-order chi connectivity index (χ1) is 8.96. The Bertz CT molecular complexity index is 420. The predicted octanol–water partition coefficient (Wildman–Crippen LogP) is 0.610. The van der Waals surface area contributed by atoms with Crippen molar-refractivity contribution in [2.75, 3.05) is 32.7 Å². The predicted molar refractivity (Wildman–Crippen MR) is 72.9 cm³/mol. The average Bonchev–Trinajstić information content (AvgIpc) is 2.38. The first-order valence-corrected chi connectivity index (χ1v) is 6.60. The Kier molecular flexibility index (Phi) is 4.17. The van der Waals surface area contributed by atoms with Gasteiger partial charge in [-0.05, 0) is 26.0 Å². The monoisotopic (exact) mass is 263 g/mol. The van der Waals surface area contributed by atoms with E-state index in [1.54, 1.807) is 38.4 Å². The molecule has 0 aromatic carbocycles. The number of rotatable bonds is 3. The molecular weight excluding hydrogens is 242 g/mol. The summed E-state index contributed by atoms with van der Waals surface area (Å²) in [4.78, 5) is 20.2. The summed E-state index contributed by atoms with van der Waals surface area (Å²) in [6.45, 7) is 7.25. The van der Waals surface area contributed by atoms with E-state index in [2.05, 4.69) is 9.88 Å². The van der Waals surface area contributed by atoms with Crippen molar-refractivity contribution in [3.63, 3.8) is 0 Å². The van der Waals surface area contributed by atoms with Gasteiger partial charge in [-0.2, -0.15) is 0 Å². The third-order valence-corrected chi connectivity index (χ3v) is 3.18. The van der Waals surface area contributed by atoms with E-state index >= 15 is 0 Å². The van der Waals surface area contributed by atoms with Crippen LogP contribution in [0.3, 0.4) is 0 Å². The van der Waals surface area contributed by atoms with E-state index in [0.717, 1.165) is 13.1 Å². The number of carbonyl (C=O) groups excluding carboxylic acids is 1. The maximum atomic E-state index is 12.2. The highest BCUT2D eigenvalue weighted by molar-refractivity contribution is 5.93. The molecular formula is C14H21N3O2. The third-order valence-electron chi connectivity index (χ3n) is 3.18. The highest BCUT2D eigenvalue weighted by Crippen LogP contribution is 2.11. The van der Waals surface area contributed by atoms with Gasteiger partial charge in [0.25, 0.3) is 5.91 Å². The summed E-state index contributed by atoms with van der Waals surface area (Å²) < 4.78 is 0. The van der Waals surface area contributed by atoms with Gasteiger partial charge in [0, 0.05) is 45.1 Å². The standard InChI is InChI=1S/C14H21N3O2/c1-14(2,19)11-16-6-8-17(9-7-16)13(18)12-4-3-5-15-10-12/h3-5,10,19H,6-9,11H2,1-2H3. The lowest BCUT2D eigenvalue weighted by atomic mass is 10.1. The second-order valence-corrected chi connectivity index (χ2v) is 5.62. The van der Waals surface area contributed by atoms with Crippen LogP contribution >= 0.6 is 0 Å². The lowest BCUT2D eigenvalue weighted by molar-refractivity contribution is 0.0178. The maximum absolute atomic E-state index is 12.2. The number of aromatic nitrogens is 1. The molecule has 0 spiro atoms. The van der Waals surface area contributed by atoms with E-state index in [4.69, 9.17) is 0 Å². The number of carbonyl (C=O) groups is 1. The SMILES string of the molecule is CC(C)(O)CN1CCN(C(=O)c2cccnc2)CC1. The van der Waals surface area contributed by atoms with Gasteiger partial charge >= 0.3 is 0 Å². The molecule has 1 saturated heterocycles. The van der Waals surface area contributed by atoms with Crippen LogP contribution in [0.25, 0.3) is 0 Å². The first kappa shape index (κ1) is 14.0. The number of aliphatic hydroxyl groups is 1. The molecule has 1 fully saturated rings. The Morgan fingerprint density at radius 1 is 1.37 bits per heavy atom. The molecule has 0 radical (unpaired) electrons. The first-order valence-electron chi connectivity index (χ1n) is 6.60. The van der Waals surface area contributed by atoms with Crippen LogP contribution in [0.5, 0.6) is 0 Å². The number of hydrogen-bond acceptors (Lipinski definition) is 4. The van der Waals surface area contributed by atoms with Gasteiger partial charge in [0.15, 0.2) is 0 Å². The van der Waals surface area contributed by atoms with Gasteiger partial charge in [-0.1, -0.05) is 0 Å². The molecule has 1 aliphatic rings. The van der Waals surface area contributed by atoms with Gasteiger partial charge < -0.3 is 10.0 Å². The van der Waals surface area contributed by atoms with E-state index in [9.17, 15) is 9.90 Å². The van der Waals surface area contributed by atoms with Crippen molar-refractivity contribution in [2.45, 2.75) is 19.4 Å². The number of nitrogens with zero attached hydrogens (tertiary/aromatic N) is 3. The topological polar surface area (TPSA) is 56.7 Å². The number of piperazine rings is 1. The van der Waals surface area contributed by atoms with Crippen LogP contribution in [0.2, 0.25) is 0 Å². The van der Waals surface area contributed by atoms with Crippen LogP contribution < -0.4 is 0 Å². The van der Waals surface area contributed by atoms with E-state index in [1.165, 1.54) is 0 Å². The zero-order chi connectivity index (χ0) is 13.9. The van der Waals surface area contributed by atoms with Gasteiger partial charge in [-0.15, -0.1) is 0 Å². The Hall–Kier alpha value is -1.46. The summed E-state index contributed by atoms with van der Waals surface area (Å²) in [5, 5.41) is 9.79. The van der Waals surface area contributed by atoms with Gasteiger partial charge in [0.05, 0.1) is 11.2 Å². The lowest BCUT2D eigenvalue weighted by Crippen LogP contribution is -2.52. The number of β-amino-alcohol motifs (C(OH)–C–C–N with tert-alkyl or cyclic N) is 1. The van der Waals surface area contributed by atoms with Crippen molar-refractivity contribution in [1.29, 1.82) is 0 Å². The molecule has 0 unspecified atom stereocenters. The molecule has 1 amide bonds. The van der Waals surface area contributed by atoms with Gasteiger partial charge in [-0.25, -0.2) is 0 Å². The average molecular weight is 263 g/mol. The van der Waals surface area contributed by atoms with Crippen LogP contribution in [-0.2, 0) is 0 Å².